The SMILES string of the molecule is CC(C)C(c1cc(C(C)(C)C)cc(C(C)(C)C)c1O)c1cc(C(C)(C)C)cc(C(C)(C)C)c1O. The van der Waals surface area contributed by atoms with Crippen molar-refractivity contribution in [1.82, 2.24) is 0 Å². The molecule has 0 heterocycles. The van der Waals surface area contributed by atoms with Gasteiger partial charge in [0.25, 0.3) is 0 Å². The summed E-state index contributed by atoms with van der Waals surface area (Å²) in [6, 6.07) is 8.69. The number of hydrogen-bond donors (Lipinski definition) is 2. The molecule has 0 aliphatic rings. The summed E-state index contributed by atoms with van der Waals surface area (Å²) in [5.74, 6) is 0.767. The lowest BCUT2D eigenvalue weighted by molar-refractivity contribution is 0.411. The van der Waals surface area contributed by atoms with Gasteiger partial charge in [0.2, 0.25) is 0 Å². The minimum atomic E-state index is -0.201. The maximum atomic E-state index is 11.7. The van der Waals surface area contributed by atoms with E-state index < -0.39 is 0 Å². The van der Waals surface area contributed by atoms with E-state index in [-0.39, 0.29) is 33.5 Å². The van der Waals surface area contributed by atoms with E-state index in [4.69, 9.17) is 0 Å². The second-order valence-electron chi connectivity index (χ2n) is 14.6. The van der Waals surface area contributed by atoms with Crippen molar-refractivity contribution in [2.75, 3.05) is 0 Å². The standard InChI is InChI=1S/C32H50O2/c1-19(2)26(22-15-20(29(3,4)5)17-24(27(22)33)31(9,10)11)23-16-21(30(6,7)8)18-25(28(23)34)32(12,13)14/h15-19,26,33-34H,1-14H3. The highest BCUT2D eigenvalue weighted by Crippen LogP contribution is 2.49. The Labute approximate surface area is 209 Å². The van der Waals surface area contributed by atoms with Gasteiger partial charge < -0.3 is 10.2 Å². The summed E-state index contributed by atoms with van der Waals surface area (Å²) in [6.07, 6.45) is 0. The Bertz CT molecular complexity index is 948. The van der Waals surface area contributed by atoms with Crippen molar-refractivity contribution in [2.45, 2.75) is 125 Å². The van der Waals surface area contributed by atoms with Crippen LogP contribution in [0.15, 0.2) is 24.3 Å². The summed E-state index contributed by atoms with van der Waals surface area (Å²) in [4.78, 5) is 0. The number of phenols is 2. The van der Waals surface area contributed by atoms with E-state index in [0.717, 1.165) is 22.3 Å². The predicted octanol–water partition coefficient (Wildman–Crippen LogP) is 9.08. The van der Waals surface area contributed by atoms with Gasteiger partial charge in [-0.2, -0.15) is 0 Å². The molecule has 0 bridgehead atoms. The van der Waals surface area contributed by atoms with Crippen molar-refractivity contribution in [3.05, 3.63) is 57.6 Å². The molecule has 0 fully saturated rings. The Kier molecular flexibility index (Phi) is 7.42. The van der Waals surface area contributed by atoms with Crippen LogP contribution in [0.1, 0.15) is 136 Å². The zero-order chi connectivity index (χ0) is 26.6. The van der Waals surface area contributed by atoms with E-state index >= 15 is 0 Å². The molecule has 0 atom stereocenters. The maximum absolute atomic E-state index is 11.7. The van der Waals surface area contributed by atoms with Gasteiger partial charge in [0.1, 0.15) is 11.5 Å². The molecule has 0 aliphatic carbocycles. The Morgan fingerprint density at radius 2 is 0.794 bits per heavy atom. The number of benzene rings is 2. The third-order valence-corrected chi connectivity index (χ3v) is 6.96. The first kappa shape index (κ1) is 28.3. The minimum absolute atomic E-state index is 0.0597. The number of hydrogen-bond acceptors (Lipinski definition) is 2. The Balaban J connectivity index is 3.03. The Hall–Kier alpha value is -1.96. The van der Waals surface area contributed by atoms with Gasteiger partial charge in [-0.25, -0.2) is 0 Å². The molecule has 0 radical (unpaired) electrons. The molecule has 2 N–H and O–H groups in total. The van der Waals surface area contributed by atoms with Crippen molar-refractivity contribution >= 4 is 0 Å². The van der Waals surface area contributed by atoms with Crippen molar-refractivity contribution in [1.29, 1.82) is 0 Å². The predicted molar refractivity (Wildman–Crippen MR) is 148 cm³/mol. The van der Waals surface area contributed by atoms with Gasteiger partial charge in [-0.1, -0.05) is 121 Å². The largest absolute Gasteiger partial charge is 0.507 e. The summed E-state index contributed by atoms with van der Waals surface area (Å²) in [6.45, 7) is 30.6. The first-order valence-corrected chi connectivity index (χ1v) is 12.8. The molecule has 0 unspecified atom stereocenters. The van der Waals surface area contributed by atoms with Crippen LogP contribution in [0.5, 0.6) is 11.5 Å². The van der Waals surface area contributed by atoms with E-state index in [1.165, 1.54) is 11.1 Å². The first-order valence-electron chi connectivity index (χ1n) is 12.8. The van der Waals surface area contributed by atoms with Crippen LogP contribution in [-0.4, -0.2) is 10.2 Å². The molecule has 2 rings (SSSR count). The van der Waals surface area contributed by atoms with Crippen LogP contribution in [0.2, 0.25) is 0 Å². The highest BCUT2D eigenvalue weighted by atomic mass is 16.3. The maximum Gasteiger partial charge on any atom is 0.123 e. The first-order chi connectivity index (χ1) is 15.1. The molecule has 2 aromatic rings. The zero-order valence-electron chi connectivity index (χ0n) is 24.4. The van der Waals surface area contributed by atoms with Gasteiger partial charge in [0.05, 0.1) is 0 Å². The molecular formula is C32H50O2. The fraction of sp³-hybridized carbons (Fsp3) is 0.625. The summed E-state index contributed by atoms with van der Waals surface area (Å²) in [5.41, 5.74) is 5.64. The monoisotopic (exact) mass is 466 g/mol. The van der Waals surface area contributed by atoms with Crippen molar-refractivity contribution < 1.29 is 10.2 Å². The van der Waals surface area contributed by atoms with Crippen LogP contribution in [0, 0.1) is 5.92 Å². The van der Waals surface area contributed by atoms with Gasteiger partial charge in [0, 0.05) is 17.0 Å². The average molecular weight is 467 g/mol. The fourth-order valence-corrected chi connectivity index (χ4v) is 4.68. The van der Waals surface area contributed by atoms with E-state index in [9.17, 15) is 10.2 Å². The normalized spacial score (nSPS) is 13.8. The third kappa shape index (κ3) is 5.81. The van der Waals surface area contributed by atoms with Crippen LogP contribution in [0.3, 0.4) is 0 Å². The average Bonchev–Trinajstić information content (AvgIpc) is 2.60. The Morgan fingerprint density at radius 3 is 1.00 bits per heavy atom. The highest BCUT2D eigenvalue weighted by molar-refractivity contribution is 5.57. The molecule has 2 nitrogen and oxygen atoms in total. The molecule has 0 aliphatic heterocycles. The van der Waals surface area contributed by atoms with Gasteiger partial charge in [-0.05, 0) is 49.8 Å². The quantitative estimate of drug-likeness (QED) is 0.473. The smallest absolute Gasteiger partial charge is 0.123 e. The number of phenolic OH excluding ortho intramolecular Hbond substituents is 2. The molecule has 2 heteroatoms. The van der Waals surface area contributed by atoms with E-state index in [1.807, 2.05) is 0 Å². The minimum Gasteiger partial charge on any atom is -0.507 e. The summed E-state index contributed by atoms with van der Waals surface area (Å²) in [5, 5.41) is 23.3. The molecule has 2 aromatic carbocycles. The summed E-state index contributed by atoms with van der Waals surface area (Å²) < 4.78 is 0. The van der Waals surface area contributed by atoms with E-state index in [2.05, 4.69) is 121 Å². The van der Waals surface area contributed by atoms with Gasteiger partial charge in [-0.3, -0.25) is 0 Å². The van der Waals surface area contributed by atoms with Crippen molar-refractivity contribution in [3.63, 3.8) is 0 Å². The second-order valence-corrected chi connectivity index (χ2v) is 14.6. The van der Waals surface area contributed by atoms with E-state index in [0.29, 0.717) is 11.5 Å². The lowest BCUT2D eigenvalue weighted by Gasteiger charge is -2.33. The molecule has 0 saturated carbocycles. The van der Waals surface area contributed by atoms with Gasteiger partial charge in [-0.15, -0.1) is 0 Å². The van der Waals surface area contributed by atoms with Gasteiger partial charge >= 0.3 is 0 Å². The lowest BCUT2D eigenvalue weighted by Crippen LogP contribution is -2.21. The summed E-state index contributed by atoms with van der Waals surface area (Å²) in [7, 11) is 0. The molecule has 0 amide bonds. The topological polar surface area (TPSA) is 40.5 Å². The lowest BCUT2D eigenvalue weighted by atomic mass is 9.71. The fourth-order valence-electron chi connectivity index (χ4n) is 4.68. The molecular weight excluding hydrogens is 416 g/mol. The number of aromatic hydroxyl groups is 2. The molecule has 0 spiro atoms. The van der Waals surface area contributed by atoms with Gasteiger partial charge in [0.15, 0.2) is 0 Å². The van der Waals surface area contributed by atoms with Crippen LogP contribution >= 0.6 is 0 Å². The number of rotatable bonds is 3. The summed E-state index contributed by atoms with van der Waals surface area (Å²) >= 11 is 0. The van der Waals surface area contributed by atoms with Crippen molar-refractivity contribution in [3.8, 4) is 11.5 Å². The van der Waals surface area contributed by atoms with Crippen LogP contribution in [0.25, 0.3) is 0 Å². The van der Waals surface area contributed by atoms with Crippen LogP contribution in [0.4, 0.5) is 0 Å². The molecule has 0 saturated heterocycles. The molecule has 34 heavy (non-hydrogen) atoms. The molecule has 190 valence electrons. The second kappa shape index (κ2) is 8.92. The van der Waals surface area contributed by atoms with E-state index in [1.54, 1.807) is 0 Å². The Morgan fingerprint density at radius 1 is 0.500 bits per heavy atom. The third-order valence-electron chi connectivity index (χ3n) is 6.96. The zero-order valence-corrected chi connectivity index (χ0v) is 24.4. The highest BCUT2D eigenvalue weighted by Gasteiger charge is 2.33. The van der Waals surface area contributed by atoms with Crippen LogP contribution < -0.4 is 0 Å². The van der Waals surface area contributed by atoms with Crippen molar-refractivity contribution in [2.24, 2.45) is 5.92 Å². The molecule has 0 aromatic heterocycles. The van der Waals surface area contributed by atoms with Crippen LogP contribution in [-0.2, 0) is 21.7 Å².